The minimum atomic E-state index is 0.694. The summed E-state index contributed by atoms with van der Waals surface area (Å²) in [6, 6.07) is 0. The lowest BCUT2D eigenvalue weighted by atomic mass is 9.99. The summed E-state index contributed by atoms with van der Waals surface area (Å²) in [6.07, 6.45) is 9.70. The van der Waals surface area contributed by atoms with E-state index in [1.807, 2.05) is 0 Å². The molecule has 0 heterocycles. The highest BCUT2D eigenvalue weighted by Gasteiger charge is 2.05. The van der Waals surface area contributed by atoms with Crippen molar-refractivity contribution in [1.29, 1.82) is 0 Å². The molecule has 1 N–H and O–H groups in total. The van der Waals surface area contributed by atoms with Gasteiger partial charge in [0, 0.05) is 5.57 Å². The van der Waals surface area contributed by atoms with Crippen molar-refractivity contribution < 1.29 is 5.21 Å². The Morgan fingerprint density at radius 3 is 3.00 bits per heavy atom. The van der Waals surface area contributed by atoms with Crippen molar-refractivity contribution in [1.82, 2.24) is 0 Å². The average molecular weight is 135 g/mol. The third kappa shape index (κ3) is 1.38. The third-order valence-electron chi connectivity index (χ3n) is 1.53. The van der Waals surface area contributed by atoms with E-state index in [-0.39, 0.29) is 0 Å². The summed E-state index contributed by atoms with van der Waals surface area (Å²) in [7, 11) is 0. The van der Waals surface area contributed by atoms with Crippen molar-refractivity contribution in [2.24, 2.45) is 5.16 Å². The Kier molecular flexibility index (Phi) is 2.11. The molecule has 0 radical (unpaired) electrons. The van der Waals surface area contributed by atoms with Gasteiger partial charge in [0.25, 0.3) is 0 Å². The number of oxime groups is 1. The molecule has 0 unspecified atom stereocenters. The van der Waals surface area contributed by atoms with Crippen LogP contribution in [0.2, 0.25) is 0 Å². The molecule has 0 spiro atoms. The Balaban J connectivity index is 2.78. The van der Waals surface area contributed by atoms with Crippen LogP contribution in [0.4, 0.5) is 0 Å². The first-order valence-corrected chi connectivity index (χ1v) is 3.25. The third-order valence-corrected chi connectivity index (χ3v) is 1.53. The van der Waals surface area contributed by atoms with E-state index in [0.717, 1.165) is 24.8 Å². The van der Waals surface area contributed by atoms with Crippen LogP contribution in [0.25, 0.3) is 0 Å². The Morgan fingerprint density at radius 1 is 1.60 bits per heavy atom. The lowest BCUT2D eigenvalue weighted by molar-refractivity contribution is 0.318. The highest BCUT2D eigenvalue weighted by atomic mass is 16.4. The number of allylic oxidation sites excluding steroid dienone is 2. The molecule has 0 saturated carbocycles. The summed E-state index contributed by atoms with van der Waals surface area (Å²) in [4.78, 5) is 0. The van der Waals surface area contributed by atoms with E-state index in [0.29, 0.717) is 5.71 Å². The molecule has 0 bridgehead atoms. The maximum Gasteiger partial charge on any atom is 0.0804 e. The van der Waals surface area contributed by atoms with Gasteiger partial charge in [-0.3, -0.25) is 0 Å². The molecule has 52 valence electrons. The highest BCUT2D eigenvalue weighted by Crippen LogP contribution is 2.14. The number of nitrogens with zero attached hydrogens (tertiary/aromatic N) is 1. The molecule has 10 heavy (non-hydrogen) atoms. The molecule has 0 aromatic rings. The van der Waals surface area contributed by atoms with E-state index in [2.05, 4.69) is 11.1 Å². The average Bonchev–Trinajstić information content (AvgIpc) is 2.05. The van der Waals surface area contributed by atoms with Crippen molar-refractivity contribution in [3.05, 3.63) is 11.6 Å². The molecule has 2 heteroatoms. The molecule has 0 aromatic heterocycles. The molecule has 2 nitrogen and oxygen atoms in total. The fraction of sp³-hybridized carbons (Fsp3) is 0.375. The van der Waals surface area contributed by atoms with Gasteiger partial charge in [0.15, 0.2) is 0 Å². The van der Waals surface area contributed by atoms with Gasteiger partial charge in [0.05, 0.1) is 5.71 Å². The van der Waals surface area contributed by atoms with Crippen molar-refractivity contribution in [2.45, 2.75) is 19.3 Å². The summed E-state index contributed by atoms with van der Waals surface area (Å²) < 4.78 is 0. The fourth-order valence-corrected chi connectivity index (χ4v) is 0.998. The molecule has 1 aliphatic carbocycles. The standard InChI is InChI=1S/C8H9NO/c1-2-7-4-3-5-8(6-7)9-10/h1,6,10H,3-5H2/b9-8-. The summed E-state index contributed by atoms with van der Waals surface area (Å²) in [5.41, 5.74) is 1.62. The SMILES string of the molecule is C#CC1=C/C(=N\O)CCC1. The van der Waals surface area contributed by atoms with Gasteiger partial charge in [-0.25, -0.2) is 0 Å². The maximum absolute atomic E-state index is 8.38. The van der Waals surface area contributed by atoms with Crippen LogP contribution < -0.4 is 0 Å². The van der Waals surface area contributed by atoms with E-state index >= 15 is 0 Å². The van der Waals surface area contributed by atoms with Crippen LogP contribution in [0.3, 0.4) is 0 Å². The fourth-order valence-electron chi connectivity index (χ4n) is 0.998. The molecule has 0 saturated heterocycles. The Morgan fingerprint density at radius 2 is 2.40 bits per heavy atom. The molecule has 0 aromatic carbocycles. The summed E-state index contributed by atoms with van der Waals surface area (Å²) in [5.74, 6) is 2.54. The predicted octanol–water partition coefficient (Wildman–Crippen LogP) is 1.56. The molecule has 0 amide bonds. The van der Waals surface area contributed by atoms with Gasteiger partial charge in [-0.1, -0.05) is 11.1 Å². The van der Waals surface area contributed by atoms with Crippen LogP contribution in [0.5, 0.6) is 0 Å². The second-order valence-electron chi connectivity index (χ2n) is 2.26. The van der Waals surface area contributed by atoms with Crippen molar-refractivity contribution in [3.63, 3.8) is 0 Å². The second-order valence-corrected chi connectivity index (χ2v) is 2.26. The van der Waals surface area contributed by atoms with Crippen molar-refractivity contribution in [2.75, 3.05) is 0 Å². The van der Waals surface area contributed by atoms with Crippen molar-refractivity contribution in [3.8, 4) is 12.3 Å². The molecule has 0 aliphatic heterocycles. The monoisotopic (exact) mass is 135 g/mol. The molecule has 1 rings (SSSR count). The van der Waals surface area contributed by atoms with Gasteiger partial charge in [0.1, 0.15) is 0 Å². The zero-order valence-corrected chi connectivity index (χ0v) is 5.67. The lowest BCUT2D eigenvalue weighted by Crippen LogP contribution is -2.01. The van der Waals surface area contributed by atoms with Crippen molar-refractivity contribution >= 4 is 5.71 Å². The van der Waals surface area contributed by atoms with E-state index in [1.165, 1.54) is 0 Å². The van der Waals surface area contributed by atoms with Crippen LogP contribution in [0.1, 0.15) is 19.3 Å². The van der Waals surface area contributed by atoms with Gasteiger partial charge in [-0.15, -0.1) is 6.42 Å². The number of terminal acetylenes is 1. The van der Waals surface area contributed by atoms with E-state index in [1.54, 1.807) is 6.08 Å². The molecule has 0 atom stereocenters. The molecular formula is C8H9NO. The maximum atomic E-state index is 8.38. The summed E-state index contributed by atoms with van der Waals surface area (Å²) in [5, 5.41) is 11.5. The topological polar surface area (TPSA) is 32.6 Å². The quantitative estimate of drug-likeness (QED) is 0.305. The van der Waals surface area contributed by atoms with Gasteiger partial charge in [-0.05, 0) is 25.3 Å². The molecule has 1 aliphatic rings. The van der Waals surface area contributed by atoms with E-state index < -0.39 is 0 Å². The zero-order chi connectivity index (χ0) is 7.40. The number of hydrogen-bond acceptors (Lipinski definition) is 2. The normalized spacial score (nSPS) is 21.9. The minimum absolute atomic E-state index is 0.694. The number of rotatable bonds is 0. The smallest absolute Gasteiger partial charge is 0.0804 e. The predicted molar refractivity (Wildman–Crippen MR) is 40.0 cm³/mol. The highest BCUT2D eigenvalue weighted by molar-refractivity contribution is 5.96. The van der Waals surface area contributed by atoms with Crippen LogP contribution in [-0.2, 0) is 0 Å². The van der Waals surface area contributed by atoms with Crippen LogP contribution in [-0.4, -0.2) is 10.9 Å². The van der Waals surface area contributed by atoms with Gasteiger partial charge in [0.2, 0.25) is 0 Å². The Bertz CT molecular complexity index is 220. The number of hydrogen-bond donors (Lipinski definition) is 1. The minimum Gasteiger partial charge on any atom is -0.411 e. The first kappa shape index (κ1) is 6.88. The van der Waals surface area contributed by atoms with E-state index in [9.17, 15) is 0 Å². The lowest BCUT2D eigenvalue weighted by Gasteiger charge is -2.07. The van der Waals surface area contributed by atoms with Crippen LogP contribution >= 0.6 is 0 Å². The largest absolute Gasteiger partial charge is 0.411 e. The van der Waals surface area contributed by atoms with Gasteiger partial charge in [-0.2, -0.15) is 0 Å². The molecular weight excluding hydrogens is 126 g/mol. The van der Waals surface area contributed by atoms with Gasteiger partial charge >= 0.3 is 0 Å². The first-order chi connectivity index (χ1) is 4.86. The van der Waals surface area contributed by atoms with Crippen LogP contribution in [0.15, 0.2) is 16.8 Å². The van der Waals surface area contributed by atoms with Crippen LogP contribution in [0, 0.1) is 12.3 Å². The zero-order valence-electron chi connectivity index (χ0n) is 5.67. The first-order valence-electron chi connectivity index (χ1n) is 3.25. The summed E-state index contributed by atoms with van der Waals surface area (Å²) >= 11 is 0. The Hall–Kier alpha value is -1.23. The summed E-state index contributed by atoms with van der Waals surface area (Å²) in [6.45, 7) is 0. The molecule has 0 fully saturated rings. The second kappa shape index (κ2) is 3.07. The van der Waals surface area contributed by atoms with Gasteiger partial charge < -0.3 is 5.21 Å². The van der Waals surface area contributed by atoms with E-state index in [4.69, 9.17) is 11.6 Å². The Labute approximate surface area is 60.2 Å².